The topological polar surface area (TPSA) is 62.3 Å². The molecule has 3 rings (SSSR count). The Hall–Kier alpha value is -1.50. The Morgan fingerprint density at radius 1 is 1.40 bits per heavy atom. The molecule has 1 N–H and O–H groups in total. The van der Waals surface area contributed by atoms with Gasteiger partial charge in [0.1, 0.15) is 4.90 Å². The molecule has 0 amide bonds. The minimum absolute atomic E-state index is 0.143. The van der Waals surface area contributed by atoms with Crippen LogP contribution in [-0.4, -0.2) is 44.0 Å². The van der Waals surface area contributed by atoms with Crippen molar-refractivity contribution in [3.8, 4) is 0 Å². The fraction of sp³-hybridized carbons (Fsp3) is 0.526. The second kappa shape index (κ2) is 7.40. The number of nitrogens with zero attached hydrogens (tertiary/aromatic N) is 2. The smallest absolute Gasteiger partial charge is 0.243 e. The fourth-order valence-electron chi connectivity index (χ4n) is 3.67. The number of sulfonamides is 1. The van der Waals surface area contributed by atoms with Crippen molar-refractivity contribution in [3.63, 3.8) is 0 Å². The minimum Gasteiger partial charge on any atom is -0.301 e. The van der Waals surface area contributed by atoms with Crippen molar-refractivity contribution in [3.05, 3.63) is 36.0 Å². The molecule has 5 nitrogen and oxygen atoms in total. The van der Waals surface area contributed by atoms with E-state index in [1.54, 1.807) is 18.3 Å². The summed E-state index contributed by atoms with van der Waals surface area (Å²) in [4.78, 5) is 6.96. The predicted molar refractivity (Wildman–Crippen MR) is 101 cm³/mol. The Labute approximate surface area is 150 Å². The van der Waals surface area contributed by atoms with Crippen molar-refractivity contribution in [2.45, 2.75) is 44.6 Å². The first-order chi connectivity index (χ1) is 11.8. The van der Waals surface area contributed by atoms with Crippen molar-refractivity contribution in [1.29, 1.82) is 0 Å². The lowest BCUT2D eigenvalue weighted by atomic mass is 10.00. The Bertz CT molecular complexity index is 851. The highest BCUT2D eigenvalue weighted by Gasteiger charge is 2.23. The number of nitrogens with one attached hydrogen (secondary N) is 1. The summed E-state index contributed by atoms with van der Waals surface area (Å²) in [5.74, 6) is 0.683. The summed E-state index contributed by atoms with van der Waals surface area (Å²) in [6, 6.07) is 7.11. The maximum atomic E-state index is 12.9. The Balaban J connectivity index is 1.77. The van der Waals surface area contributed by atoms with Crippen molar-refractivity contribution < 1.29 is 8.42 Å². The Morgan fingerprint density at radius 2 is 2.20 bits per heavy atom. The maximum absolute atomic E-state index is 12.9. The monoisotopic (exact) mass is 361 g/mol. The van der Waals surface area contributed by atoms with Gasteiger partial charge in [0.15, 0.2) is 0 Å². The third-order valence-corrected chi connectivity index (χ3v) is 6.35. The molecule has 1 aromatic carbocycles. The standard InChI is InChI=1S/C19H27N3O2S/c1-14-6-5-9-22(12-14)13-16(3)21-25(23,24)18-8-4-7-17-10-15(2)11-20-19(17)18/h4,7-8,10-11,14,16,21H,5-6,9,12-13H2,1-3H3/t14-,16-/m1/s1. The van der Waals surface area contributed by atoms with Crippen molar-refractivity contribution in [2.75, 3.05) is 19.6 Å². The first-order valence-electron chi connectivity index (χ1n) is 8.95. The van der Waals surface area contributed by atoms with E-state index in [1.165, 1.54) is 12.8 Å². The number of aromatic nitrogens is 1. The fourth-order valence-corrected chi connectivity index (χ4v) is 5.08. The van der Waals surface area contributed by atoms with Gasteiger partial charge in [-0.2, -0.15) is 0 Å². The van der Waals surface area contributed by atoms with Crippen molar-refractivity contribution in [2.24, 2.45) is 5.92 Å². The van der Waals surface area contributed by atoms with E-state index < -0.39 is 10.0 Å². The van der Waals surface area contributed by atoms with Gasteiger partial charge in [-0.3, -0.25) is 4.98 Å². The number of rotatable bonds is 5. The molecule has 0 radical (unpaired) electrons. The van der Waals surface area contributed by atoms with Gasteiger partial charge in [0, 0.05) is 30.7 Å². The number of fused-ring (bicyclic) bond motifs is 1. The number of hydrogen-bond acceptors (Lipinski definition) is 4. The summed E-state index contributed by atoms with van der Waals surface area (Å²) in [6.45, 7) is 8.96. The molecule has 1 saturated heterocycles. The largest absolute Gasteiger partial charge is 0.301 e. The molecule has 0 aliphatic carbocycles. The number of hydrogen-bond donors (Lipinski definition) is 1. The van der Waals surface area contributed by atoms with Crippen LogP contribution in [0.4, 0.5) is 0 Å². The number of para-hydroxylation sites is 1. The second-order valence-electron chi connectivity index (χ2n) is 7.37. The van der Waals surface area contributed by atoms with Gasteiger partial charge in [-0.25, -0.2) is 13.1 Å². The highest BCUT2D eigenvalue weighted by molar-refractivity contribution is 7.89. The van der Waals surface area contributed by atoms with E-state index in [1.807, 2.05) is 26.0 Å². The Morgan fingerprint density at radius 3 is 2.96 bits per heavy atom. The van der Waals surface area contributed by atoms with Crippen LogP contribution in [0.5, 0.6) is 0 Å². The molecule has 0 saturated carbocycles. The van der Waals surface area contributed by atoms with E-state index in [-0.39, 0.29) is 10.9 Å². The minimum atomic E-state index is -3.60. The van der Waals surface area contributed by atoms with Gasteiger partial charge in [0.05, 0.1) is 5.52 Å². The average molecular weight is 362 g/mol. The van der Waals surface area contributed by atoms with Gasteiger partial charge in [0.25, 0.3) is 0 Å². The molecule has 25 heavy (non-hydrogen) atoms. The zero-order valence-corrected chi connectivity index (χ0v) is 16.0. The molecular weight excluding hydrogens is 334 g/mol. The van der Waals surface area contributed by atoms with E-state index in [0.29, 0.717) is 11.4 Å². The zero-order valence-electron chi connectivity index (χ0n) is 15.2. The van der Waals surface area contributed by atoms with Gasteiger partial charge in [0.2, 0.25) is 10.0 Å². The van der Waals surface area contributed by atoms with Crippen LogP contribution < -0.4 is 4.72 Å². The number of piperidine rings is 1. The molecule has 0 bridgehead atoms. The van der Waals surface area contributed by atoms with Crippen molar-refractivity contribution >= 4 is 20.9 Å². The molecule has 2 heterocycles. The van der Waals surface area contributed by atoms with Crippen LogP contribution in [0.3, 0.4) is 0 Å². The predicted octanol–water partition coefficient (Wildman–Crippen LogP) is 2.94. The normalized spacial score (nSPS) is 20.7. The van der Waals surface area contributed by atoms with E-state index in [4.69, 9.17) is 0 Å². The van der Waals surface area contributed by atoms with Gasteiger partial charge < -0.3 is 4.90 Å². The lowest BCUT2D eigenvalue weighted by Crippen LogP contribution is -2.45. The first kappa shape index (κ1) is 18.3. The molecule has 6 heteroatoms. The molecule has 136 valence electrons. The molecule has 0 spiro atoms. The van der Waals surface area contributed by atoms with Gasteiger partial charge in [-0.05, 0) is 56.8 Å². The summed E-state index contributed by atoms with van der Waals surface area (Å²) in [6.07, 6.45) is 4.16. The second-order valence-corrected chi connectivity index (χ2v) is 9.05. The van der Waals surface area contributed by atoms with Crippen LogP contribution in [0.1, 0.15) is 32.3 Å². The number of likely N-dealkylation sites (tertiary alicyclic amines) is 1. The van der Waals surface area contributed by atoms with Crippen LogP contribution in [0.2, 0.25) is 0 Å². The number of benzene rings is 1. The maximum Gasteiger partial charge on any atom is 0.243 e. The Kier molecular flexibility index (Phi) is 5.41. The van der Waals surface area contributed by atoms with Crippen LogP contribution in [0.15, 0.2) is 35.4 Å². The van der Waals surface area contributed by atoms with Crippen molar-refractivity contribution in [1.82, 2.24) is 14.6 Å². The molecule has 2 atom stereocenters. The van der Waals surface area contributed by atoms with Gasteiger partial charge in [-0.1, -0.05) is 19.1 Å². The molecule has 1 aliphatic heterocycles. The van der Waals surface area contributed by atoms with E-state index >= 15 is 0 Å². The zero-order chi connectivity index (χ0) is 18.0. The van der Waals surface area contributed by atoms with Crippen LogP contribution in [-0.2, 0) is 10.0 Å². The van der Waals surface area contributed by atoms with Crippen LogP contribution in [0, 0.1) is 12.8 Å². The van der Waals surface area contributed by atoms with Crippen LogP contribution >= 0.6 is 0 Å². The molecule has 1 fully saturated rings. The van der Waals surface area contributed by atoms with Gasteiger partial charge >= 0.3 is 0 Å². The van der Waals surface area contributed by atoms with E-state index in [2.05, 4.69) is 21.5 Å². The van der Waals surface area contributed by atoms with E-state index in [9.17, 15) is 8.42 Å². The summed E-state index contributed by atoms with van der Waals surface area (Å²) in [5.41, 5.74) is 1.54. The summed E-state index contributed by atoms with van der Waals surface area (Å²) in [5, 5.41) is 0.848. The number of aryl methyl sites for hydroxylation is 1. The lowest BCUT2D eigenvalue weighted by molar-refractivity contribution is 0.174. The highest BCUT2D eigenvalue weighted by atomic mass is 32.2. The van der Waals surface area contributed by atoms with Gasteiger partial charge in [-0.15, -0.1) is 0 Å². The molecule has 1 aliphatic rings. The van der Waals surface area contributed by atoms with Crippen LogP contribution in [0.25, 0.3) is 10.9 Å². The van der Waals surface area contributed by atoms with E-state index in [0.717, 1.165) is 30.6 Å². The quantitative estimate of drug-likeness (QED) is 0.889. The average Bonchev–Trinajstić information content (AvgIpc) is 2.53. The first-order valence-corrected chi connectivity index (χ1v) is 10.4. The molecule has 0 unspecified atom stereocenters. The number of pyridine rings is 1. The molecule has 1 aromatic heterocycles. The molecule has 2 aromatic rings. The summed E-state index contributed by atoms with van der Waals surface area (Å²) in [7, 11) is -3.60. The lowest BCUT2D eigenvalue weighted by Gasteiger charge is -2.32. The third kappa shape index (κ3) is 4.37. The summed E-state index contributed by atoms with van der Waals surface area (Å²) >= 11 is 0. The third-order valence-electron chi connectivity index (χ3n) is 4.73. The SMILES string of the molecule is Cc1cnc2c(S(=O)(=O)N[C@H](C)CN3CCC[C@@H](C)C3)cccc2c1. The summed E-state index contributed by atoms with van der Waals surface area (Å²) < 4.78 is 28.6. The highest BCUT2D eigenvalue weighted by Crippen LogP contribution is 2.22. The molecular formula is C19H27N3O2S.